The van der Waals surface area contributed by atoms with Crippen molar-refractivity contribution in [2.75, 3.05) is 33.3 Å². The van der Waals surface area contributed by atoms with E-state index in [9.17, 15) is 9.59 Å². The molecule has 0 aliphatic carbocycles. The molecule has 0 saturated carbocycles. The zero-order valence-electron chi connectivity index (χ0n) is 14.3. The first kappa shape index (κ1) is 16.8. The molecule has 0 spiro atoms. The van der Waals surface area contributed by atoms with Crippen LogP contribution in [0.4, 0.5) is 4.79 Å². The Hall–Kier alpha value is -2.08. The van der Waals surface area contributed by atoms with Crippen molar-refractivity contribution in [3.8, 4) is 5.75 Å². The lowest BCUT2D eigenvalue weighted by atomic mass is 9.80. The highest BCUT2D eigenvalue weighted by Crippen LogP contribution is 2.31. The van der Waals surface area contributed by atoms with Crippen LogP contribution in [-0.2, 0) is 4.79 Å². The molecule has 0 bridgehead atoms. The molecule has 2 fully saturated rings. The predicted molar refractivity (Wildman–Crippen MR) is 90.8 cm³/mol. The first-order valence-electron chi connectivity index (χ1n) is 8.51. The molecule has 1 aromatic carbocycles. The molecular weight excluding hydrogens is 306 g/mol. The fraction of sp³-hybridized carbons (Fsp3) is 0.556. The number of hydrogen-bond donors (Lipinski definition) is 1. The van der Waals surface area contributed by atoms with E-state index in [2.05, 4.69) is 10.2 Å². The van der Waals surface area contributed by atoms with Crippen LogP contribution < -0.4 is 10.1 Å². The molecule has 6 nitrogen and oxygen atoms in total. The van der Waals surface area contributed by atoms with E-state index in [1.54, 1.807) is 0 Å². The number of carbonyl (C=O) groups is 2. The molecule has 0 aromatic heterocycles. The number of ether oxygens (including phenoxy) is 1. The average Bonchev–Trinajstić information content (AvgIpc) is 2.80. The number of nitrogens with zero attached hydrogens (tertiary/aromatic N) is 2. The summed E-state index contributed by atoms with van der Waals surface area (Å²) in [5.41, 5.74) is -0.787. The number of likely N-dealkylation sites (N-methyl/N-ethyl adjacent to an activating group) is 1. The summed E-state index contributed by atoms with van der Waals surface area (Å²) in [6.45, 7) is 5.09. The minimum atomic E-state index is -0.787. The van der Waals surface area contributed by atoms with Crippen molar-refractivity contribution in [1.29, 1.82) is 0 Å². The average molecular weight is 331 g/mol. The molecule has 3 rings (SSSR count). The van der Waals surface area contributed by atoms with Crippen LogP contribution in [0.5, 0.6) is 5.75 Å². The highest BCUT2D eigenvalue weighted by atomic mass is 16.5. The first-order chi connectivity index (χ1) is 11.5. The Kier molecular flexibility index (Phi) is 4.76. The van der Waals surface area contributed by atoms with Gasteiger partial charge in [0.25, 0.3) is 5.91 Å². The van der Waals surface area contributed by atoms with Crippen LogP contribution in [0.15, 0.2) is 30.3 Å². The van der Waals surface area contributed by atoms with Gasteiger partial charge in [-0.3, -0.25) is 14.6 Å². The third-order valence-electron chi connectivity index (χ3n) is 5.16. The lowest BCUT2D eigenvalue weighted by Crippen LogP contribution is -2.56. The Morgan fingerprint density at radius 1 is 1.29 bits per heavy atom. The highest BCUT2D eigenvalue weighted by Gasteiger charge is 2.51. The van der Waals surface area contributed by atoms with Crippen molar-refractivity contribution >= 4 is 11.9 Å². The molecule has 0 radical (unpaired) electrons. The molecule has 3 amide bonds. The largest absolute Gasteiger partial charge is 0.492 e. The Balaban J connectivity index is 1.55. The lowest BCUT2D eigenvalue weighted by molar-refractivity contribution is -0.132. The van der Waals surface area contributed by atoms with E-state index in [-0.39, 0.29) is 17.9 Å². The summed E-state index contributed by atoms with van der Waals surface area (Å²) in [5, 5.41) is 2.88. The quantitative estimate of drug-likeness (QED) is 0.835. The molecular formula is C18H25N3O3. The van der Waals surface area contributed by atoms with E-state index >= 15 is 0 Å². The van der Waals surface area contributed by atoms with Gasteiger partial charge in [0.05, 0.1) is 0 Å². The number of benzene rings is 1. The number of hydrogen-bond acceptors (Lipinski definition) is 4. The summed E-state index contributed by atoms with van der Waals surface area (Å²) in [7, 11) is 1.54. The molecule has 1 N–H and O–H groups in total. The maximum Gasteiger partial charge on any atom is 0.324 e. The Bertz CT molecular complexity index is 607. The minimum absolute atomic E-state index is 0.125. The smallest absolute Gasteiger partial charge is 0.324 e. The predicted octanol–water partition coefficient (Wildman–Crippen LogP) is 1.72. The van der Waals surface area contributed by atoms with E-state index in [0.29, 0.717) is 6.61 Å². The first-order valence-corrected chi connectivity index (χ1v) is 8.51. The molecule has 0 unspecified atom stereocenters. The lowest BCUT2D eigenvalue weighted by Gasteiger charge is -2.39. The van der Waals surface area contributed by atoms with Gasteiger partial charge in [0.1, 0.15) is 17.9 Å². The summed E-state index contributed by atoms with van der Waals surface area (Å²) in [6, 6.07) is 9.47. The monoisotopic (exact) mass is 331 g/mol. The van der Waals surface area contributed by atoms with Gasteiger partial charge < -0.3 is 10.1 Å². The second kappa shape index (κ2) is 6.81. The number of rotatable bonds is 5. The standard InChI is InChI=1S/C18H25N3O3/c1-18(16(22)20(2)17(23)19-18)14-7-6-10-21(13-14)11-12-24-15-8-4-3-5-9-15/h3-5,8-9,14H,6-7,10-13H2,1-2H3,(H,19,23)/t14-,18-/m1/s1. The van der Waals surface area contributed by atoms with Gasteiger partial charge >= 0.3 is 6.03 Å². The van der Waals surface area contributed by atoms with Crippen LogP contribution in [-0.4, -0.2) is 60.6 Å². The molecule has 1 aromatic rings. The molecule has 2 aliphatic rings. The topological polar surface area (TPSA) is 61.9 Å². The number of carbonyl (C=O) groups excluding carboxylic acids is 2. The maximum absolute atomic E-state index is 12.4. The normalized spacial score (nSPS) is 28.1. The summed E-state index contributed by atoms with van der Waals surface area (Å²) >= 11 is 0. The molecule has 24 heavy (non-hydrogen) atoms. The van der Waals surface area contributed by atoms with Gasteiger partial charge in [-0.15, -0.1) is 0 Å². The van der Waals surface area contributed by atoms with Crippen LogP contribution in [0.3, 0.4) is 0 Å². The fourth-order valence-electron chi connectivity index (χ4n) is 3.62. The van der Waals surface area contributed by atoms with E-state index in [4.69, 9.17) is 4.74 Å². The minimum Gasteiger partial charge on any atom is -0.492 e. The van der Waals surface area contributed by atoms with Crippen LogP contribution >= 0.6 is 0 Å². The van der Waals surface area contributed by atoms with Gasteiger partial charge in [0.2, 0.25) is 0 Å². The van der Waals surface area contributed by atoms with Gasteiger partial charge in [-0.2, -0.15) is 0 Å². The fourth-order valence-corrected chi connectivity index (χ4v) is 3.62. The zero-order chi connectivity index (χ0) is 17.2. The van der Waals surface area contributed by atoms with Crippen molar-refractivity contribution in [3.63, 3.8) is 0 Å². The van der Waals surface area contributed by atoms with Crippen LogP contribution in [0, 0.1) is 5.92 Å². The highest BCUT2D eigenvalue weighted by molar-refractivity contribution is 6.06. The Morgan fingerprint density at radius 3 is 2.71 bits per heavy atom. The second-order valence-electron chi connectivity index (χ2n) is 6.80. The third-order valence-corrected chi connectivity index (χ3v) is 5.16. The van der Waals surface area contributed by atoms with E-state index in [0.717, 1.165) is 38.2 Å². The summed E-state index contributed by atoms with van der Waals surface area (Å²) in [5.74, 6) is 0.877. The number of piperidine rings is 1. The van der Waals surface area contributed by atoms with Gasteiger partial charge in [0, 0.05) is 26.1 Å². The number of likely N-dealkylation sites (tertiary alicyclic amines) is 1. The molecule has 2 atom stereocenters. The van der Waals surface area contributed by atoms with Crippen LogP contribution in [0.25, 0.3) is 0 Å². The molecule has 2 aliphatic heterocycles. The van der Waals surface area contributed by atoms with Crippen molar-refractivity contribution in [1.82, 2.24) is 15.1 Å². The number of para-hydroxylation sites is 1. The van der Waals surface area contributed by atoms with Gasteiger partial charge in [-0.1, -0.05) is 18.2 Å². The van der Waals surface area contributed by atoms with Crippen LogP contribution in [0.1, 0.15) is 19.8 Å². The van der Waals surface area contributed by atoms with Gasteiger partial charge in [-0.05, 0) is 38.4 Å². The maximum atomic E-state index is 12.4. The molecule has 2 heterocycles. The second-order valence-corrected chi connectivity index (χ2v) is 6.80. The van der Waals surface area contributed by atoms with Crippen LogP contribution in [0.2, 0.25) is 0 Å². The SMILES string of the molecule is CN1C(=O)N[C@](C)([C@@H]2CCCN(CCOc3ccccc3)C2)C1=O. The molecule has 130 valence electrons. The summed E-state index contributed by atoms with van der Waals surface area (Å²) in [4.78, 5) is 27.8. The van der Waals surface area contributed by atoms with Crippen molar-refractivity contribution in [3.05, 3.63) is 30.3 Å². The number of nitrogens with one attached hydrogen (secondary N) is 1. The van der Waals surface area contributed by atoms with Crippen molar-refractivity contribution < 1.29 is 14.3 Å². The third kappa shape index (κ3) is 3.24. The summed E-state index contributed by atoms with van der Waals surface area (Å²) < 4.78 is 5.76. The van der Waals surface area contributed by atoms with Gasteiger partial charge in [-0.25, -0.2) is 4.79 Å². The van der Waals surface area contributed by atoms with Crippen molar-refractivity contribution in [2.45, 2.75) is 25.3 Å². The van der Waals surface area contributed by atoms with E-state index in [1.165, 1.54) is 11.9 Å². The van der Waals surface area contributed by atoms with Crippen molar-refractivity contribution in [2.24, 2.45) is 5.92 Å². The number of amides is 3. The van der Waals surface area contributed by atoms with E-state index < -0.39 is 5.54 Å². The van der Waals surface area contributed by atoms with Gasteiger partial charge in [0.15, 0.2) is 0 Å². The van der Waals surface area contributed by atoms with E-state index in [1.807, 2.05) is 37.3 Å². The number of urea groups is 1. The summed E-state index contributed by atoms with van der Waals surface area (Å²) in [6.07, 6.45) is 1.98. The zero-order valence-corrected chi connectivity index (χ0v) is 14.3. The number of imide groups is 1. The molecule has 2 saturated heterocycles. The molecule has 6 heteroatoms. The Labute approximate surface area is 142 Å². The Morgan fingerprint density at radius 2 is 2.04 bits per heavy atom.